The Morgan fingerprint density at radius 3 is 1.81 bits per heavy atom. The van der Waals surface area contributed by atoms with Gasteiger partial charge in [0.25, 0.3) is 0 Å². The molecule has 0 radical (unpaired) electrons. The summed E-state index contributed by atoms with van der Waals surface area (Å²) in [6.45, 7) is 4.38. The van der Waals surface area contributed by atoms with Gasteiger partial charge in [0, 0.05) is 27.5 Å². The maximum absolute atomic E-state index is 6.16. The lowest BCUT2D eigenvalue weighted by molar-refractivity contribution is 0.669. The number of hydrogen-bond donors (Lipinski definition) is 0. The van der Waals surface area contributed by atoms with Gasteiger partial charge in [0.1, 0.15) is 11.2 Å². The Hall–Kier alpha value is -6.58. The lowest BCUT2D eigenvalue weighted by Gasteiger charge is -2.14. The molecule has 9 aromatic rings. The van der Waals surface area contributed by atoms with Gasteiger partial charge in [0.15, 0.2) is 5.82 Å². The molecule has 0 saturated heterocycles. The SMILES string of the molecule is Cc1cc(-c2ccccc2)ccc1-c1ccc(-c2nc(-c3ccc4c(c3)Cc3ccccc3-4)cc(-c3ccc4oc5ccccc5c4c3)n2)cc1C. The van der Waals surface area contributed by atoms with Crippen LogP contribution in [0.25, 0.3) is 89.2 Å². The minimum atomic E-state index is 0.708. The topological polar surface area (TPSA) is 38.9 Å². The first-order chi connectivity index (χ1) is 25.6. The van der Waals surface area contributed by atoms with Gasteiger partial charge in [0.2, 0.25) is 0 Å². The van der Waals surface area contributed by atoms with Gasteiger partial charge in [-0.15, -0.1) is 0 Å². The molecule has 0 amide bonds. The van der Waals surface area contributed by atoms with E-state index in [0.717, 1.165) is 56.4 Å². The first-order valence-electron chi connectivity index (χ1n) is 17.9. The largest absolute Gasteiger partial charge is 0.456 e. The van der Waals surface area contributed by atoms with Crippen LogP contribution >= 0.6 is 0 Å². The van der Waals surface area contributed by atoms with E-state index >= 15 is 0 Å². The molecule has 0 unspecified atom stereocenters. The van der Waals surface area contributed by atoms with Crippen LogP contribution in [-0.2, 0) is 6.42 Å². The molecular formula is C49H34N2O. The maximum atomic E-state index is 6.16. The molecule has 1 aliphatic rings. The van der Waals surface area contributed by atoms with E-state index < -0.39 is 0 Å². The molecule has 0 fully saturated rings. The molecule has 7 aromatic carbocycles. The van der Waals surface area contributed by atoms with Gasteiger partial charge in [0.05, 0.1) is 11.4 Å². The van der Waals surface area contributed by atoms with Crippen molar-refractivity contribution in [3.05, 3.63) is 180 Å². The van der Waals surface area contributed by atoms with E-state index in [1.807, 2.05) is 12.1 Å². The summed E-state index contributed by atoms with van der Waals surface area (Å²) in [5.74, 6) is 0.708. The van der Waals surface area contributed by atoms with Crippen molar-refractivity contribution in [1.82, 2.24) is 9.97 Å². The van der Waals surface area contributed by atoms with Crippen molar-refractivity contribution in [1.29, 1.82) is 0 Å². The third-order valence-electron chi connectivity index (χ3n) is 10.6. The highest BCUT2D eigenvalue weighted by atomic mass is 16.3. The monoisotopic (exact) mass is 666 g/mol. The summed E-state index contributed by atoms with van der Waals surface area (Å²) in [5, 5.41) is 2.18. The number of aromatic nitrogens is 2. The molecule has 246 valence electrons. The van der Waals surface area contributed by atoms with Crippen molar-refractivity contribution in [2.24, 2.45) is 0 Å². The zero-order chi connectivity index (χ0) is 34.8. The van der Waals surface area contributed by atoms with Gasteiger partial charge in [-0.3, -0.25) is 0 Å². The highest BCUT2D eigenvalue weighted by molar-refractivity contribution is 6.06. The molecule has 10 rings (SSSR count). The first-order valence-corrected chi connectivity index (χ1v) is 17.9. The summed E-state index contributed by atoms with van der Waals surface area (Å²) in [7, 11) is 0. The molecule has 52 heavy (non-hydrogen) atoms. The molecule has 0 spiro atoms. The van der Waals surface area contributed by atoms with E-state index in [1.54, 1.807) is 0 Å². The third-order valence-corrected chi connectivity index (χ3v) is 10.6. The zero-order valence-electron chi connectivity index (χ0n) is 29.0. The Bertz CT molecular complexity index is 2850. The number of furan rings is 1. The Labute approximate surface area is 302 Å². The second-order valence-electron chi connectivity index (χ2n) is 13.9. The van der Waals surface area contributed by atoms with Gasteiger partial charge >= 0.3 is 0 Å². The van der Waals surface area contributed by atoms with Crippen LogP contribution in [0.1, 0.15) is 22.3 Å². The van der Waals surface area contributed by atoms with Crippen LogP contribution in [0.2, 0.25) is 0 Å². The number of para-hydroxylation sites is 1. The third kappa shape index (κ3) is 5.13. The molecule has 0 N–H and O–H groups in total. The minimum Gasteiger partial charge on any atom is -0.456 e. The summed E-state index contributed by atoms with van der Waals surface area (Å²) in [6, 6.07) is 56.1. The maximum Gasteiger partial charge on any atom is 0.160 e. The van der Waals surface area contributed by atoms with Gasteiger partial charge in [-0.05, 0) is 118 Å². The van der Waals surface area contributed by atoms with Crippen molar-refractivity contribution in [2.45, 2.75) is 20.3 Å². The van der Waals surface area contributed by atoms with Crippen LogP contribution in [0.4, 0.5) is 0 Å². The summed E-state index contributed by atoms with van der Waals surface area (Å²) in [5.41, 5.74) is 19.3. The van der Waals surface area contributed by atoms with Crippen LogP contribution in [0.15, 0.2) is 162 Å². The summed E-state index contributed by atoms with van der Waals surface area (Å²) in [6.07, 6.45) is 0.931. The number of hydrogen-bond acceptors (Lipinski definition) is 3. The molecule has 3 nitrogen and oxygen atoms in total. The molecule has 0 atom stereocenters. The molecule has 0 saturated carbocycles. The van der Waals surface area contributed by atoms with Crippen LogP contribution in [0.5, 0.6) is 0 Å². The minimum absolute atomic E-state index is 0.708. The standard InChI is InChI=1S/C49H34N2O/c1-30-24-33(32-10-4-3-5-11-32)16-20-39(30)40-21-18-37(25-31(40)2)49-50-45(35-17-22-42-38(27-35)26-34-12-6-7-13-41(34)42)29-46(51-49)36-19-23-48-44(28-36)43-14-8-9-15-47(43)52-48/h3-25,27-29H,26H2,1-2H3. The molecule has 3 heteroatoms. The van der Waals surface area contributed by atoms with E-state index in [0.29, 0.717) is 5.82 Å². The van der Waals surface area contributed by atoms with E-state index in [2.05, 4.69) is 159 Å². The molecular weight excluding hydrogens is 633 g/mol. The first kappa shape index (κ1) is 30.3. The predicted octanol–water partition coefficient (Wildman–Crippen LogP) is 12.9. The van der Waals surface area contributed by atoms with Crippen LogP contribution < -0.4 is 0 Å². The smallest absolute Gasteiger partial charge is 0.160 e. The summed E-state index contributed by atoms with van der Waals surface area (Å²) < 4.78 is 6.16. The fourth-order valence-corrected chi connectivity index (χ4v) is 7.94. The normalized spacial score (nSPS) is 12.0. The second kappa shape index (κ2) is 12.0. The van der Waals surface area contributed by atoms with Gasteiger partial charge < -0.3 is 4.42 Å². The quantitative estimate of drug-likeness (QED) is 0.183. The molecule has 1 aliphatic carbocycles. The van der Waals surface area contributed by atoms with Crippen molar-refractivity contribution in [3.8, 4) is 67.3 Å². The molecule has 2 aromatic heterocycles. The van der Waals surface area contributed by atoms with E-state index in [-0.39, 0.29) is 0 Å². The fourth-order valence-electron chi connectivity index (χ4n) is 7.94. The Morgan fingerprint density at radius 1 is 0.404 bits per heavy atom. The number of rotatable bonds is 5. The molecule has 0 aliphatic heterocycles. The van der Waals surface area contributed by atoms with Crippen LogP contribution in [0, 0.1) is 13.8 Å². The van der Waals surface area contributed by atoms with Crippen molar-refractivity contribution in [2.75, 3.05) is 0 Å². The average Bonchev–Trinajstić information content (AvgIpc) is 3.76. The fraction of sp³-hybridized carbons (Fsp3) is 0.0612. The number of nitrogens with zero attached hydrogens (tertiary/aromatic N) is 2. The zero-order valence-corrected chi connectivity index (χ0v) is 29.0. The lowest BCUT2D eigenvalue weighted by Crippen LogP contribution is -1.97. The number of aryl methyl sites for hydroxylation is 2. The number of benzene rings is 7. The van der Waals surface area contributed by atoms with Crippen LogP contribution in [0.3, 0.4) is 0 Å². The molecule has 2 heterocycles. The number of fused-ring (bicyclic) bond motifs is 6. The Balaban J connectivity index is 1.09. The van der Waals surface area contributed by atoms with Crippen molar-refractivity contribution < 1.29 is 4.42 Å². The van der Waals surface area contributed by atoms with Gasteiger partial charge in [-0.25, -0.2) is 9.97 Å². The highest BCUT2D eigenvalue weighted by Gasteiger charge is 2.20. The Morgan fingerprint density at radius 2 is 1.00 bits per heavy atom. The summed E-state index contributed by atoms with van der Waals surface area (Å²) >= 11 is 0. The van der Waals surface area contributed by atoms with E-state index in [9.17, 15) is 0 Å². The van der Waals surface area contributed by atoms with Crippen molar-refractivity contribution in [3.63, 3.8) is 0 Å². The van der Waals surface area contributed by atoms with Crippen LogP contribution in [-0.4, -0.2) is 9.97 Å². The lowest BCUT2D eigenvalue weighted by atomic mass is 9.92. The van der Waals surface area contributed by atoms with Gasteiger partial charge in [-0.1, -0.05) is 115 Å². The van der Waals surface area contributed by atoms with Gasteiger partial charge in [-0.2, -0.15) is 0 Å². The second-order valence-corrected chi connectivity index (χ2v) is 13.9. The van der Waals surface area contributed by atoms with E-state index in [1.165, 1.54) is 55.6 Å². The average molecular weight is 667 g/mol. The Kier molecular flexibility index (Phi) is 7.00. The predicted molar refractivity (Wildman–Crippen MR) is 214 cm³/mol. The van der Waals surface area contributed by atoms with Crippen molar-refractivity contribution >= 4 is 21.9 Å². The summed E-state index contributed by atoms with van der Waals surface area (Å²) in [4.78, 5) is 10.5. The molecule has 0 bridgehead atoms. The van der Waals surface area contributed by atoms with E-state index in [4.69, 9.17) is 14.4 Å². The highest BCUT2D eigenvalue weighted by Crippen LogP contribution is 2.40.